The van der Waals surface area contributed by atoms with Gasteiger partial charge in [0.25, 0.3) is 11.5 Å². The molecule has 1 aliphatic rings. The van der Waals surface area contributed by atoms with Crippen LogP contribution in [0.15, 0.2) is 84.0 Å². The first-order chi connectivity index (χ1) is 23.4. The van der Waals surface area contributed by atoms with Crippen molar-refractivity contribution >= 4 is 28.6 Å². The summed E-state index contributed by atoms with van der Waals surface area (Å²) in [6, 6.07) is 14.0. The van der Waals surface area contributed by atoms with Crippen LogP contribution in [0.3, 0.4) is 0 Å². The van der Waals surface area contributed by atoms with Crippen LogP contribution in [0.2, 0.25) is 0 Å². The third-order valence-electron chi connectivity index (χ3n) is 8.03. The van der Waals surface area contributed by atoms with Crippen LogP contribution in [0.25, 0.3) is 27.7 Å². The summed E-state index contributed by atoms with van der Waals surface area (Å²) in [5, 5.41) is 12.1. The van der Waals surface area contributed by atoms with Gasteiger partial charge in [0.1, 0.15) is 22.7 Å². The van der Waals surface area contributed by atoms with Gasteiger partial charge in [0, 0.05) is 52.4 Å². The third kappa shape index (κ3) is 5.94. The summed E-state index contributed by atoms with van der Waals surface area (Å²) >= 11 is 0. The summed E-state index contributed by atoms with van der Waals surface area (Å²) in [6.45, 7) is 7.62. The maximum absolute atomic E-state index is 15.6. The van der Waals surface area contributed by atoms with Crippen molar-refractivity contribution in [1.29, 1.82) is 0 Å². The fraction of sp³-hybridized carbons (Fsp3) is 0.194. The zero-order valence-electron chi connectivity index (χ0n) is 27.0. The molecule has 11 nitrogen and oxygen atoms in total. The smallest absolute Gasteiger partial charge is 0.435 e. The van der Waals surface area contributed by atoms with Crippen LogP contribution in [-0.4, -0.2) is 41.7 Å². The predicted molar refractivity (Wildman–Crippen MR) is 177 cm³/mol. The molecular weight excluding hydrogens is 634 g/mol. The number of hydrogen-bond donors (Lipinski definition) is 1. The van der Waals surface area contributed by atoms with E-state index >= 15 is 4.39 Å². The molecule has 1 N–H and O–H groups in total. The van der Waals surface area contributed by atoms with Crippen molar-refractivity contribution < 1.29 is 27.8 Å². The molecule has 7 rings (SSSR count). The first-order valence-corrected chi connectivity index (χ1v) is 15.4. The molecule has 3 aromatic carbocycles. The van der Waals surface area contributed by atoms with E-state index in [-0.39, 0.29) is 17.0 Å². The zero-order valence-corrected chi connectivity index (χ0v) is 27.0. The van der Waals surface area contributed by atoms with Crippen LogP contribution in [0.1, 0.15) is 42.4 Å². The van der Waals surface area contributed by atoms with E-state index in [0.29, 0.717) is 41.2 Å². The molecule has 0 radical (unpaired) electrons. The Hall–Kier alpha value is -6.11. The van der Waals surface area contributed by atoms with Crippen LogP contribution < -0.4 is 15.6 Å². The number of nitrogens with one attached hydrogen (secondary N) is 1. The molecule has 0 spiro atoms. The van der Waals surface area contributed by atoms with Gasteiger partial charge in [-0.2, -0.15) is 14.9 Å². The van der Waals surface area contributed by atoms with Gasteiger partial charge in [0.15, 0.2) is 11.6 Å². The van der Waals surface area contributed by atoms with Gasteiger partial charge in [-0.15, -0.1) is 0 Å². The molecule has 13 heteroatoms. The molecule has 6 aromatic rings. The summed E-state index contributed by atoms with van der Waals surface area (Å²) < 4.78 is 45.0. The first-order valence-electron chi connectivity index (χ1n) is 15.4. The van der Waals surface area contributed by atoms with Crippen molar-refractivity contribution in [3.8, 4) is 28.3 Å². The lowest BCUT2D eigenvalue weighted by molar-refractivity contribution is 0.0514. The molecule has 1 amide bonds. The average molecular weight is 665 g/mol. The number of nitrogens with zero attached hydrogens (tertiary/aromatic N) is 5. The number of amides is 1. The quantitative estimate of drug-likeness (QED) is 0.203. The van der Waals surface area contributed by atoms with Gasteiger partial charge >= 0.3 is 6.09 Å². The monoisotopic (exact) mass is 664 g/mol. The van der Waals surface area contributed by atoms with E-state index in [2.05, 4.69) is 15.5 Å². The Morgan fingerprint density at radius 3 is 2.45 bits per heavy atom. The lowest BCUT2D eigenvalue weighted by Gasteiger charge is -2.18. The summed E-state index contributed by atoms with van der Waals surface area (Å²) in [4.78, 5) is 39.2. The van der Waals surface area contributed by atoms with E-state index in [0.717, 1.165) is 27.2 Å². The molecule has 4 heterocycles. The van der Waals surface area contributed by atoms with Crippen molar-refractivity contribution in [2.45, 2.75) is 46.3 Å². The Kier molecular flexibility index (Phi) is 7.61. The third-order valence-corrected chi connectivity index (χ3v) is 8.03. The fourth-order valence-corrected chi connectivity index (χ4v) is 5.90. The van der Waals surface area contributed by atoms with E-state index in [9.17, 15) is 18.8 Å². The SMILES string of the molecule is Cc1ccc(C(=O)Nc2ccc(Oc3cc4cnn5c4c(c3-c3cnn(C(=O)OC(C)(C)C)c3)CC5)c(F)c2)c(=O)n1-c1ccc(F)cc1. The van der Waals surface area contributed by atoms with Crippen LogP contribution in [0, 0.1) is 18.6 Å². The Morgan fingerprint density at radius 2 is 1.71 bits per heavy atom. The standard InChI is InChI=1S/C36H30F2N6O5/c1-20-5-11-27(34(46)44(20)25-9-6-23(37)7-10-25)33(45)41-24-8-12-29(28(38)16-24)48-30-15-21-17-39-42-14-13-26(32(21)42)31(30)22-18-40-43(19-22)35(47)49-36(2,3)4/h5-12,15-19H,13-14H2,1-4H3,(H,41,45). The van der Waals surface area contributed by atoms with Gasteiger partial charge in [-0.05, 0) is 94.3 Å². The molecule has 0 saturated carbocycles. The summed E-state index contributed by atoms with van der Waals surface area (Å²) in [7, 11) is 0. The van der Waals surface area contributed by atoms with E-state index in [4.69, 9.17) is 9.47 Å². The van der Waals surface area contributed by atoms with Crippen molar-refractivity contribution in [3.63, 3.8) is 0 Å². The number of hydrogen-bond acceptors (Lipinski definition) is 7. The molecule has 1 aliphatic heterocycles. The number of aryl methyl sites for hydroxylation is 3. The maximum Gasteiger partial charge on any atom is 0.435 e. The highest BCUT2D eigenvalue weighted by atomic mass is 19.1. The van der Waals surface area contributed by atoms with Gasteiger partial charge in [0.2, 0.25) is 0 Å². The largest absolute Gasteiger partial charge is 0.454 e. The van der Waals surface area contributed by atoms with Gasteiger partial charge in [-0.25, -0.2) is 13.6 Å². The molecule has 0 saturated heterocycles. The summed E-state index contributed by atoms with van der Waals surface area (Å²) in [5.41, 5.74) is 2.56. The molecule has 248 valence electrons. The Morgan fingerprint density at radius 1 is 0.939 bits per heavy atom. The molecule has 0 atom stereocenters. The number of rotatable bonds is 6. The van der Waals surface area contributed by atoms with Crippen molar-refractivity contribution in [3.05, 3.63) is 118 Å². The van der Waals surface area contributed by atoms with E-state index in [1.807, 2.05) is 4.68 Å². The van der Waals surface area contributed by atoms with Gasteiger partial charge < -0.3 is 14.8 Å². The average Bonchev–Trinajstić information content (AvgIpc) is 3.79. The van der Waals surface area contributed by atoms with Crippen LogP contribution in [-0.2, 0) is 17.7 Å². The molecule has 0 aliphatic carbocycles. The van der Waals surface area contributed by atoms with Crippen molar-refractivity contribution in [2.75, 3.05) is 5.32 Å². The van der Waals surface area contributed by atoms with Crippen LogP contribution >= 0.6 is 0 Å². The number of anilines is 1. The number of benzene rings is 3. The van der Waals surface area contributed by atoms with Crippen LogP contribution in [0.4, 0.5) is 19.3 Å². The Labute approximate surface area is 278 Å². The molecule has 0 unspecified atom stereocenters. The van der Waals surface area contributed by atoms with E-state index in [1.165, 1.54) is 53.2 Å². The number of carbonyl (C=O) groups excluding carboxylic acids is 2. The van der Waals surface area contributed by atoms with Gasteiger partial charge in [-0.3, -0.25) is 18.8 Å². The second-order valence-corrected chi connectivity index (χ2v) is 12.6. The predicted octanol–water partition coefficient (Wildman–Crippen LogP) is 7.02. The molecule has 0 fully saturated rings. The maximum atomic E-state index is 15.6. The van der Waals surface area contributed by atoms with E-state index < -0.39 is 34.8 Å². The first kappa shape index (κ1) is 31.5. The minimum atomic E-state index is -0.770. The van der Waals surface area contributed by atoms with Crippen molar-refractivity contribution in [1.82, 2.24) is 24.1 Å². The molecular formula is C36H30F2N6O5. The molecule has 0 bridgehead atoms. The lowest BCUT2D eigenvalue weighted by Crippen LogP contribution is -2.29. The second kappa shape index (κ2) is 11.8. The van der Waals surface area contributed by atoms with Crippen molar-refractivity contribution in [2.24, 2.45) is 0 Å². The summed E-state index contributed by atoms with van der Waals surface area (Å²) in [6.07, 6.45) is 4.77. The lowest BCUT2D eigenvalue weighted by atomic mass is 9.97. The Bertz CT molecular complexity index is 2350. The van der Waals surface area contributed by atoms with E-state index in [1.54, 1.807) is 52.2 Å². The van der Waals surface area contributed by atoms with Crippen LogP contribution in [0.5, 0.6) is 11.5 Å². The topological polar surface area (TPSA) is 122 Å². The van der Waals surface area contributed by atoms with Gasteiger partial charge in [0.05, 0.1) is 17.9 Å². The molecule has 3 aromatic heterocycles. The minimum Gasteiger partial charge on any atom is -0.454 e. The highest BCUT2D eigenvalue weighted by Gasteiger charge is 2.27. The fourth-order valence-electron chi connectivity index (χ4n) is 5.90. The number of halogens is 2. The number of ether oxygens (including phenoxy) is 2. The highest BCUT2D eigenvalue weighted by molar-refractivity contribution is 6.04. The zero-order chi connectivity index (χ0) is 34.6. The summed E-state index contributed by atoms with van der Waals surface area (Å²) in [5.74, 6) is -1.77. The number of aromatic nitrogens is 5. The highest BCUT2D eigenvalue weighted by Crippen LogP contribution is 2.43. The number of carbonyl (C=O) groups is 2. The normalized spacial score (nSPS) is 12.4. The minimum absolute atomic E-state index is 0.0948. The van der Waals surface area contributed by atoms with Gasteiger partial charge in [-0.1, -0.05) is 0 Å². The number of pyridine rings is 1. The Balaban J connectivity index is 1.18. The second-order valence-electron chi connectivity index (χ2n) is 12.6. The molecule has 49 heavy (non-hydrogen) atoms.